The van der Waals surface area contributed by atoms with Gasteiger partial charge in [0.15, 0.2) is 0 Å². The van der Waals surface area contributed by atoms with Crippen molar-refractivity contribution in [3.05, 3.63) is 29.8 Å². The highest BCUT2D eigenvalue weighted by Gasteiger charge is 2.21. The van der Waals surface area contributed by atoms with Gasteiger partial charge in [-0.3, -0.25) is 4.90 Å². The molecule has 1 aromatic rings. The van der Waals surface area contributed by atoms with Crippen LogP contribution in [-0.4, -0.2) is 43.5 Å². The highest BCUT2D eigenvalue weighted by Crippen LogP contribution is 2.25. The van der Waals surface area contributed by atoms with E-state index in [1.165, 1.54) is 4.90 Å². The Bertz CT molecular complexity index is 355. The molecule has 0 bridgehead atoms. The van der Waals surface area contributed by atoms with E-state index in [0.29, 0.717) is 0 Å². The van der Waals surface area contributed by atoms with Gasteiger partial charge in [-0.1, -0.05) is 19.1 Å². The summed E-state index contributed by atoms with van der Waals surface area (Å²) in [5, 5.41) is 3.30. The Balaban J connectivity index is 0.00000180. The minimum Gasteiger partial charge on any atom is -0.314 e. The SMILES string of the molecule is CCSc1ccc([C@@H](CF)N2CCNCC2)cc1.Cl. The van der Waals surface area contributed by atoms with Gasteiger partial charge in [0.1, 0.15) is 6.67 Å². The maximum atomic E-state index is 13.3. The molecule has 0 amide bonds. The lowest BCUT2D eigenvalue weighted by molar-refractivity contribution is 0.147. The van der Waals surface area contributed by atoms with Crippen LogP contribution in [0.15, 0.2) is 29.2 Å². The minimum absolute atomic E-state index is 0. The van der Waals surface area contributed by atoms with Crippen molar-refractivity contribution < 1.29 is 4.39 Å². The molecule has 1 aliphatic heterocycles. The quantitative estimate of drug-likeness (QED) is 0.841. The number of rotatable bonds is 5. The Morgan fingerprint density at radius 3 is 2.42 bits per heavy atom. The van der Waals surface area contributed by atoms with Gasteiger partial charge in [-0.25, -0.2) is 4.39 Å². The largest absolute Gasteiger partial charge is 0.314 e. The summed E-state index contributed by atoms with van der Waals surface area (Å²) in [4.78, 5) is 3.50. The van der Waals surface area contributed by atoms with Gasteiger partial charge in [-0.15, -0.1) is 24.2 Å². The molecule has 0 aromatic heterocycles. The predicted octanol–water partition coefficient (Wildman–Crippen LogP) is 3.14. The molecule has 0 radical (unpaired) electrons. The fraction of sp³-hybridized carbons (Fsp3) is 0.571. The van der Waals surface area contributed by atoms with E-state index in [-0.39, 0.29) is 25.1 Å². The lowest BCUT2D eigenvalue weighted by atomic mass is 10.1. The zero-order chi connectivity index (χ0) is 12.8. The van der Waals surface area contributed by atoms with Crippen LogP contribution in [-0.2, 0) is 0 Å². The number of nitrogens with one attached hydrogen (secondary N) is 1. The molecular weight excluding hydrogens is 283 g/mol. The molecule has 5 heteroatoms. The van der Waals surface area contributed by atoms with Crippen LogP contribution in [0.4, 0.5) is 4.39 Å². The molecule has 1 heterocycles. The van der Waals surface area contributed by atoms with Crippen molar-refractivity contribution >= 4 is 24.2 Å². The summed E-state index contributed by atoms with van der Waals surface area (Å²) < 4.78 is 13.3. The van der Waals surface area contributed by atoms with Gasteiger partial charge in [0.2, 0.25) is 0 Å². The Morgan fingerprint density at radius 1 is 1.26 bits per heavy atom. The monoisotopic (exact) mass is 304 g/mol. The number of hydrogen-bond donors (Lipinski definition) is 1. The first kappa shape index (κ1) is 16.8. The lowest BCUT2D eigenvalue weighted by Crippen LogP contribution is -2.45. The summed E-state index contributed by atoms with van der Waals surface area (Å²) in [5.74, 6) is 1.07. The van der Waals surface area contributed by atoms with Gasteiger partial charge >= 0.3 is 0 Å². The number of thioether (sulfide) groups is 1. The molecule has 2 nitrogen and oxygen atoms in total. The third-order valence-corrected chi connectivity index (χ3v) is 4.21. The van der Waals surface area contributed by atoms with Crippen LogP contribution in [0.25, 0.3) is 0 Å². The van der Waals surface area contributed by atoms with E-state index in [9.17, 15) is 4.39 Å². The van der Waals surface area contributed by atoms with Gasteiger partial charge in [0.05, 0.1) is 6.04 Å². The third-order valence-electron chi connectivity index (χ3n) is 3.31. The molecule has 2 rings (SSSR count). The molecule has 1 atom stereocenters. The van der Waals surface area contributed by atoms with Gasteiger partial charge in [-0.2, -0.15) is 0 Å². The second-order valence-electron chi connectivity index (χ2n) is 4.46. The summed E-state index contributed by atoms with van der Waals surface area (Å²) in [6.07, 6.45) is 0. The average molecular weight is 305 g/mol. The molecule has 19 heavy (non-hydrogen) atoms. The van der Waals surface area contributed by atoms with Crippen molar-refractivity contribution in [1.82, 2.24) is 10.2 Å². The zero-order valence-corrected chi connectivity index (χ0v) is 12.9. The number of alkyl halides is 1. The Kier molecular flexibility index (Phi) is 7.76. The summed E-state index contributed by atoms with van der Waals surface area (Å²) in [5.41, 5.74) is 1.10. The second kappa shape index (κ2) is 8.80. The average Bonchev–Trinajstić information content (AvgIpc) is 2.43. The fourth-order valence-corrected chi connectivity index (χ4v) is 3.01. The fourth-order valence-electron chi connectivity index (χ4n) is 2.34. The van der Waals surface area contributed by atoms with E-state index >= 15 is 0 Å². The van der Waals surface area contributed by atoms with E-state index in [4.69, 9.17) is 0 Å². The topological polar surface area (TPSA) is 15.3 Å². The standard InChI is InChI=1S/C14H21FN2S.ClH/c1-2-18-13-5-3-12(4-6-13)14(11-15)17-9-7-16-8-10-17;/h3-6,14,16H,2,7-11H2,1H3;1H/t14-;/m1./s1. The van der Waals surface area contributed by atoms with E-state index in [1.807, 2.05) is 11.8 Å². The molecule has 0 spiro atoms. The van der Waals surface area contributed by atoms with Gasteiger partial charge in [0, 0.05) is 31.1 Å². The number of benzene rings is 1. The number of piperazine rings is 1. The number of nitrogens with zero attached hydrogens (tertiary/aromatic N) is 1. The molecule has 1 aliphatic rings. The molecule has 0 unspecified atom stereocenters. The molecule has 1 fully saturated rings. The lowest BCUT2D eigenvalue weighted by Gasteiger charge is -2.33. The highest BCUT2D eigenvalue weighted by molar-refractivity contribution is 7.99. The normalized spacial score (nSPS) is 17.8. The van der Waals surface area contributed by atoms with Crippen LogP contribution in [0.5, 0.6) is 0 Å². The van der Waals surface area contributed by atoms with Crippen LogP contribution in [0.1, 0.15) is 18.5 Å². The summed E-state index contributed by atoms with van der Waals surface area (Å²) in [6.45, 7) is 5.62. The van der Waals surface area contributed by atoms with E-state index < -0.39 is 0 Å². The molecule has 1 saturated heterocycles. The first-order valence-electron chi connectivity index (χ1n) is 6.58. The molecule has 1 N–H and O–H groups in total. The smallest absolute Gasteiger partial charge is 0.109 e. The van der Waals surface area contributed by atoms with Crippen molar-refractivity contribution in [2.24, 2.45) is 0 Å². The third kappa shape index (κ3) is 4.63. The zero-order valence-electron chi connectivity index (χ0n) is 11.3. The molecule has 0 aliphatic carbocycles. The molecular formula is C14H22ClFN2S. The van der Waals surface area contributed by atoms with Crippen LogP contribution < -0.4 is 5.32 Å². The van der Waals surface area contributed by atoms with E-state index in [1.54, 1.807) is 0 Å². The minimum atomic E-state index is -0.305. The maximum Gasteiger partial charge on any atom is 0.109 e. The summed E-state index contributed by atoms with van der Waals surface area (Å²) in [7, 11) is 0. The first-order valence-corrected chi connectivity index (χ1v) is 7.57. The van der Waals surface area contributed by atoms with Gasteiger partial charge < -0.3 is 5.32 Å². The van der Waals surface area contributed by atoms with Crippen LogP contribution in [0.3, 0.4) is 0 Å². The van der Waals surface area contributed by atoms with Crippen molar-refractivity contribution in [2.45, 2.75) is 17.9 Å². The molecule has 108 valence electrons. The van der Waals surface area contributed by atoms with Crippen LogP contribution in [0, 0.1) is 0 Å². The maximum absolute atomic E-state index is 13.3. The van der Waals surface area contributed by atoms with Crippen molar-refractivity contribution in [2.75, 3.05) is 38.6 Å². The number of hydrogen-bond acceptors (Lipinski definition) is 3. The summed E-state index contributed by atoms with van der Waals surface area (Å²) in [6, 6.07) is 8.28. The van der Waals surface area contributed by atoms with E-state index in [0.717, 1.165) is 37.5 Å². The Labute approximate surface area is 125 Å². The second-order valence-corrected chi connectivity index (χ2v) is 5.80. The van der Waals surface area contributed by atoms with Crippen molar-refractivity contribution in [3.63, 3.8) is 0 Å². The van der Waals surface area contributed by atoms with E-state index in [2.05, 4.69) is 41.4 Å². The predicted molar refractivity (Wildman–Crippen MR) is 83.2 cm³/mol. The first-order chi connectivity index (χ1) is 8.85. The molecule has 0 saturated carbocycles. The van der Waals surface area contributed by atoms with Crippen molar-refractivity contribution in [1.29, 1.82) is 0 Å². The Morgan fingerprint density at radius 2 is 1.89 bits per heavy atom. The van der Waals surface area contributed by atoms with Crippen LogP contribution in [0.2, 0.25) is 0 Å². The van der Waals surface area contributed by atoms with Crippen LogP contribution >= 0.6 is 24.2 Å². The summed E-state index contributed by atoms with van der Waals surface area (Å²) >= 11 is 1.82. The number of halogens is 2. The molecule has 1 aromatic carbocycles. The van der Waals surface area contributed by atoms with Gasteiger partial charge in [0.25, 0.3) is 0 Å². The Hall–Kier alpha value is -0.290. The van der Waals surface area contributed by atoms with Gasteiger partial charge in [-0.05, 0) is 23.4 Å². The van der Waals surface area contributed by atoms with Crippen molar-refractivity contribution in [3.8, 4) is 0 Å². The highest BCUT2D eigenvalue weighted by atomic mass is 35.5.